The second-order valence-electron chi connectivity index (χ2n) is 11.2. The lowest BCUT2D eigenvalue weighted by Gasteiger charge is -2.52. The number of halogens is 1. The molecule has 0 amide bonds. The van der Waals surface area contributed by atoms with Gasteiger partial charge in [-0.05, 0) is 36.1 Å². The van der Waals surface area contributed by atoms with Crippen molar-refractivity contribution < 1.29 is 18.7 Å². The number of fused-ring (bicyclic) bond motifs is 3. The summed E-state index contributed by atoms with van der Waals surface area (Å²) in [5, 5.41) is 12.8. The van der Waals surface area contributed by atoms with Gasteiger partial charge < -0.3 is 18.7 Å². The van der Waals surface area contributed by atoms with Crippen molar-refractivity contribution in [1.82, 2.24) is 4.98 Å². The standard InChI is InChI=1S/C30H36ClN2O3/c31-26-12-10-22(11-13-26)21-35-28-20-33(16-14-23(28)15-17-33)19-27-18-32-29(36-27)30(34,25-8-4-5-9-25)24-6-2-1-3-7-24/h1-3,6-7,10-13,18,23,25,28,34H,4-5,8-9,14-17,19-21H2/q+1/t23?,28-,30?,33?/m0/s1. The first kappa shape index (κ1) is 24.2. The molecule has 3 aliphatic heterocycles. The second-order valence-corrected chi connectivity index (χ2v) is 11.6. The molecular formula is C30H36ClN2O3+. The molecule has 1 saturated carbocycles. The molecule has 4 aliphatic rings. The van der Waals surface area contributed by atoms with E-state index in [1.54, 1.807) is 0 Å². The van der Waals surface area contributed by atoms with Crippen LogP contribution in [0.2, 0.25) is 5.02 Å². The Bertz CT molecular complexity index is 1150. The lowest BCUT2D eigenvalue weighted by atomic mass is 9.80. The van der Waals surface area contributed by atoms with Gasteiger partial charge in [-0.25, -0.2) is 4.98 Å². The molecule has 0 spiro atoms. The summed E-state index contributed by atoms with van der Waals surface area (Å²) in [6.45, 7) is 4.71. The normalized spacial score (nSPS) is 27.8. The van der Waals surface area contributed by atoms with Gasteiger partial charge in [0.25, 0.3) is 0 Å². The lowest BCUT2D eigenvalue weighted by Crippen LogP contribution is -2.63. The SMILES string of the molecule is OC(c1ccccc1)(c1ncc(C[N+]23CCC(CC2)[C@@H](OCc2ccc(Cl)cc2)C3)o1)C1CCCC1. The number of hydrogen-bond donors (Lipinski definition) is 1. The molecule has 4 heterocycles. The van der Waals surface area contributed by atoms with E-state index < -0.39 is 5.60 Å². The first-order chi connectivity index (χ1) is 17.5. The maximum absolute atomic E-state index is 12.0. The van der Waals surface area contributed by atoms with Crippen molar-refractivity contribution in [2.24, 2.45) is 11.8 Å². The number of oxazole rings is 1. The van der Waals surface area contributed by atoms with Crippen LogP contribution in [-0.2, 0) is 23.5 Å². The summed E-state index contributed by atoms with van der Waals surface area (Å²) in [6.07, 6.45) is 8.76. The number of ether oxygens (including phenoxy) is 1. The zero-order chi connectivity index (χ0) is 24.6. The predicted molar refractivity (Wildman–Crippen MR) is 139 cm³/mol. The van der Waals surface area contributed by atoms with Crippen LogP contribution >= 0.6 is 11.6 Å². The van der Waals surface area contributed by atoms with E-state index in [2.05, 4.69) is 4.98 Å². The minimum atomic E-state index is -1.17. The van der Waals surface area contributed by atoms with E-state index in [-0.39, 0.29) is 12.0 Å². The monoisotopic (exact) mass is 507 g/mol. The largest absolute Gasteiger partial charge is 0.436 e. The fourth-order valence-electron chi connectivity index (χ4n) is 6.87. The molecule has 1 unspecified atom stereocenters. The van der Waals surface area contributed by atoms with Crippen molar-refractivity contribution in [3.8, 4) is 0 Å². The van der Waals surface area contributed by atoms with Crippen molar-refractivity contribution in [1.29, 1.82) is 0 Å². The number of aliphatic hydroxyl groups is 1. The Morgan fingerprint density at radius 2 is 1.72 bits per heavy atom. The average molecular weight is 508 g/mol. The van der Waals surface area contributed by atoms with Gasteiger partial charge in [0, 0.05) is 29.7 Å². The first-order valence-corrected chi connectivity index (χ1v) is 13.9. The molecule has 2 atom stereocenters. The first-order valence-electron chi connectivity index (χ1n) is 13.5. The van der Waals surface area contributed by atoms with Gasteiger partial charge in [-0.2, -0.15) is 0 Å². The molecule has 6 heteroatoms. The molecule has 3 aromatic rings. The zero-order valence-electron chi connectivity index (χ0n) is 20.8. The maximum atomic E-state index is 12.0. The van der Waals surface area contributed by atoms with Crippen molar-refractivity contribution in [3.63, 3.8) is 0 Å². The number of aromatic nitrogens is 1. The van der Waals surface area contributed by atoms with Crippen LogP contribution in [0.15, 0.2) is 65.2 Å². The third-order valence-corrected chi connectivity index (χ3v) is 9.20. The summed E-state index contributed by atoms with van der Waals surface area (Å²) < 4.78 is 13.8. The van der Waals surface area contributed by atoms with Gasteiger partial charge in [-0.15, -0.1) is 0 Å². The minimum Gasteiger partial charge on any atom is -0.436 e. The molecule has 36 heavy (non-hydrogen) atoms. The second kappa shape index (κ2) is 9.94. The Morgan fingerprint density at radius 3 is 2.44 bits per heavy atom. The zero-order valence-corrected chi connectivity index (χ0v) is 21.6. The van der Waals surface area contributed by atoms with Gasteiger partial charge in [-0.3, -0.25) is 0 Å². The molecular weight excluding hydrogens is 472 g/mol. The summed E-state index contributed by atoms with van der Waals surface area (Å²) in [4.78, 5) is 4.69. The number of rotatable bonds is 8. The van der Waals surface area contributed by atoms with Gasteiger partial charge in [0.1, 0.15) is 19.2 Å². The van der Waals surface area contributed by atoms with E-state index in [1.807, 2.05) is 60.8 Å². The molecule has 5 nitrogen and oxygen atoms in total. The van der Waals surface area contributed by atoms with Crippen molar-refractivity contribution in [2.45, 2.75) is 63.4 Å². The van der Waals surface area contributed by atoms with Gasteiger partial charge in [0.05, 0.1) is 25.9 Å². The van der Waals surface area contributed by atoms with Gasteiger partial charge in [-0.1, -0.05) is 66.9 Å². The Labute approximate surface area is 218 Å². The Balaban J connectivity index is 1.18. The van der Waals surface area contributed by atoms with E-state index >= 15 is 0 Å². The average Bonchev–Trinajstić information content (AvgIpc) is 3.62. The fraction of sp³-hybridized carbons (Fsp3) is 0.500. The molecule has 1 aromatic heterocycles. The maximum Gasteiger partial charge on any atom is 0.231 e. The van der Waals surface area contributed by atoms with E-state index in [0.29, 0.717) is 18.4 Å². The summed E-state index contributed by atoms with van der Waals surface area (Å²) in [5.41, 5.74) is 0.871. The third-order valence-electron chi connectivity index (χ3n) is 8.95. The highest BCUT2D eigenvalue weighted by Crippen LogP contribution is 2.45. The predicted octanol–water partition coefficient (Wildman–Crippen LogP) is 6.08. The van der Waals surface area contributed by atoms with E-state index in [9.17, 15) is 5.11 Å². The molecule has 190 valence electrons. The molecule has 2 aromatic carbocycles. The van der Waals surface area contributed by atoms with Crippen LogP contribution in [0.1, 0.15) is 61.3 Å². The molecule has 1 N–H and O–H groups in total. The number of piperidine rings is 3. The van der Waals surface area contributed by atoms with Crippen LogP contribution in [0.3, 0.4) is 0 Å². The summed E-state index contributed by atoms with van der Waals surface area (Å²) in [6, 6.07) is 17.9. The van der Waals surface area contributed by atoms with Gasteiger partial charge in [0.15, 0.2) is 11.4 Å². The minimum absolute atomic E-state index is 0.134. The number of benzene rings is 2. The van der Waals surface area contributed by atoms with Crippen LogP contribution < -0.4 is 0 Å². The summed E-state index contributed by atoms with van der Waals surface area (Å²) in [5.74, 6) is 2.09. The van der Waals surface area contributed by atoms with E-state index in [4.69, 9.17) is 20.8 Å². The highest BCUT2D eigenvalue weighted by Gasteiger charge is 2.48. The van der Waals surface area contributed by atoms with Crippen LogP contribution in [0.4, 0.5) is 0 Å². The lowest BCUT2D eigenvalue weighted by molar-refractivity contribution is -0.959. The Morgan fingerprint density at radius 1 is 1.00 bits per heavy atom. The van der Waals surface area contributed by atoms with Crippen LogP contribution in [0, 0.1) is 11.8 Å². The summed E-state index contributed by atoms with van der Waals surface area (Å²) in [7, 11) is 0. The molecule has 0 radical (unpaired) electrons. The van der Waals surface area contributed by atoms with E-state index in [1.165, 1.54) is 12.8 Å². The van der Waals surface area contributed by atoms with Gasteiger partial charge in [0.2, 0.25) is 5.89 Å². The van der Waals surface area contributed by atoms with Crippen LogP contribution in [0.5, 0.6) is 0 Å². The highest BCUT2D eigenvalue weighted by molar-refractivity contribution is 6.30. The third kappa shape index (κ3) is 4.63. The number of hydrogen-bond acceptors (Lipinski definition) is 4. The molecule has 1 aliphatic carbocycles. The smallest absolute Gasteiger partial charge is 0.231 e. The summed E-state index contributed by atoms with van der Waals surface area (Å²) >= 11 is 6.04. The number of nitrogens with zero attached hydrogens (tertiary/aromatic N) is 2. The van der Waals surface area contributed by atoms with Crippen LogP contribution in [0.25, 0.3) is 0 Å². The van der Waals surface area contributed by atoms with Crippen molar-refractivity contribution in [3.05, 3.63) is 88.6 Å². The molecule has 7 rings (SSSR count). The topological polar surface area (TPSA) is 55.5 Å². The molecule has 3 saturated heterocycles. The molecule has 4 fully saturated rings. The quantitative estimate of drug-likeness (QED) is 0.375. The highest BCUT2D eigenvalue weighted by atomic mass is 35.5. The van der Waals surface area contributed by atoms with Crippen LogP contribution in [-0.4, -0.2) is 40.3 Å². The van der Waals surface area contributed by atoms with Crippen molar-refractivity contribution >= 4 is 11.6 Å². The van der Waals surface area contributed by atoms with Crippen molar-refractivity contribution in [2.75, 3.05) is 19.6 Å². The Kier molecular flexibility index (Phi) is 6.67. The number of quaternary nitrogens is 1. The van der Waals surface area contributed by atoms with E-state index in [0.717, 1.165) is 78.3 Å². The fourth-order valence-corrected chi connectivity index (χ4v) is 7.00. The van der Waals surface area contributed by atoms with Gasteiger partial charge >= 0.3 is 0 Å². The Hall–Kier alpha value is -2.18. The molecule has 2 bridgehead atoms.